The molecule has 0 atom stereocenters. The summed E-state index contributed by atoms with van der Waals surface area (Å²) in [6, 6.07) is 12.1. The molecule has 0 unspecified atom stereocenters. The molecular formula is C23H24N2O3S. The number of hydrogen-bond donors (Lipinski definition) is 0. The molecule has 4 rings (SSSR count). The number of hydrogen-bond acceptors (Lipinski definition) is 6. The van der Waals surface area contributed by atoms with Crippen LogP contribution in [0.2, 0.25) is 0 Å². The molecule has 0 spiro atoms. The van der Waals surface area contributed by atoms with Crippen molar-refractivity contribution in [3.05, 3.63) is 70.1 Å². The van der Waals surface area contributed by atoms with Crippen LogP contribution >= 0.6 is 11.8 Å². The fourth-order valence-electron chi connectivity index (χ4n) is 3.47. The van der Waals surface area contributed by atoms with Crippen LogP contribution < -0.4 is 4.74 Å². The normalized spacial score (nSPS) is 13.2. The summed E-state index contributed by atoms with van der Waals surface area (Å²) < 4.78 is 11.4. The third-order valence-electron chi connectivity index (χ3n) is 5.14. The standard InChI is InChI=1S/C23H24N2O3S/c1-15-7-8-16(2)21(11-15)27-13-22-24-25-23(28-22)29-14-20(26)19-10-9-17-5-3-4-6-18(17)12-19/h7-12H,3-6,13-14H2,1-2H3. The number of aryl methyl sites for hydroxylation is 4. The Hall–Kier alpha value is -2.60. The lowest BCUT2D eigenvalue weighted by Crippen LogP contribution is -2.07. The van der Waals surface area contributed by atoms with E-state index in [1.165, 1.54) is 35.7 Å². The lowest BCUT2D eigenvalue weighted by atomic mass is 9.90. The van der Waals surface area contributed by atoms with E-state index in [4.69, 9.17) is 9.15 Å². The zero-order valence-corrected chi connectivity index (χ0v) is 17.6. The summed E-state index contributed by atoms with van der Waals surface area (Å²) in [6.07, 6.45) is 4.63. The van der Waals surface area contributed by atoms with E-state index in [2.05, 4.69) is 22.3 Å². The number of benzene rings is 2. The number of thioether (sulfide) groups is 1. The first-order valence-electron chi connectivity index (χ1n) is 9.89. The number of carbonyl (C=O) groups is 1. The van der Waals surface area contributed by atoms with Crippen LogP contribution in [-0.4, -0.2) is 21.7 Å². The minimum absolute atomic E-state index is 0.0785. The van der Waals surface area contributed by atoms with Crippen molar-refractivity contribution in [3.8, 4) is 5.75 Å². The molecule has 0 aliphatic heterocycles. The Balaban J connectivity index is 1.32. The average Bonchev–Trinajstić information content (AvgIpc) is 3.20. The maximum atomic E-state index is 12.6. The first-order chi connectivity index (χ1) is 14.1. The van der Waals surface area contributed by atoms with Crippen LogP contribution in [-0.2, 0) is 19.4 Å². The molecule has 0 saturated heterocycles. The molecule has 2 aromatic carbocycles. The van der Waals surface area contributed by atoms with Crippen molar-refractivity contribution < 1.29 is 13.9 Å². The monoisotopic (exact) mass is 408 g/mol. The highest BCUT2D eigenvalue weighted by Crippen LogP contribution is 2.25. The van der Waals surface area contributed by atoms with Gasteiger partial charge in [-0.25, -0.2) is 0 Å². The molecule has 5 nitrogen and oxygen atoms in total. The number of nitrogens with zero attached hydrogens (tertiary/aromatic N) is 2. The van der Waals surface area contributed by atoms with E-state index in [1.807, 2.05) is 38.1 Å². The Morgan fingerprint density at radius 2 is 1.90 bits per heavy atom. The lowest BCUT2D eigenvalue weighted by molar-refractivity contribution is 0.102. The van der Waals surface area contributed by atoms with Gasteiger partial charge in [-0.3, -0.25) is 4.79 Å². The Morgan fingerprint density at radius 3 is 2.76 bits per heavy atom. The van der Waals surface area contributed by atoms with Gasteiger partial charge in [-0.15, -0.1) is 10.2 Å². The molecule has 1 aliphatic rings. The largest absolute Gasteiger partial charge is 0.484 e. The fraction of sp³-hybridized carbons (Fsp3) is 0.348. The predicted molar refractivity (Wildman–Crippen MR) is 113 cm³/mol. The molecule has 1 heterocycles. The van der Waals surface area contributed by atoms with Crippen molar-refractivity contribution in [3.63, 3.8) is 0 Å². The van der Waals surface area contributed by atoms with Gasteiger partial charge in [0, 0.05) is 5.56 Å². The first kappa shape index (κ1) is 19.7. The van der Waals surface area contributed by atoms with Crippen molar-refractivity contribution in [1.29, 1.82) is 0 Å². The molecule has 1 aromatic heterocycles. The van der Waals surface area contributed by atoms with Gasteiger partial charge < -0.3 is 9.15 Å². The lowest BCUT2D eigenvalue weighted by Gasteiger charge is -2.16. The van der Waals surface area contributed by atoms with Gasteiger partial charge in [-0.05, 0) is 73.9 Å². The maximum Gasteiger partial charge on any atom is 0.277 e. The van der Waals surface area contributed by atoms with Crippen molar-refractivity contribution in [2.24, 2.45) is 0 Å². The molecule has 0 saturated carbocycles. The minimum Gasteiger partial charge on any atom is -0.484 e. The Kier molecular flexibility index (Phi) is 6.00. The second kappa shape index (κ2) is 8.82. The number of Topliss-reactive ketones (excluding diaryl/α,β-unsaturated/α-hetero) is 1. The highest BCUT2D eigenvalue weighted by Gasteiger charge is 2.15. The van der Waals surface area contributed by atoms with Crippen LogP contribution in [0, 0.1) is 13.8 Å². The van der Waals surface area contributed by atoms with E-state index in [-0.39, 0.29) is 18.1 Å². The van der Waals surface area contributed by atoms with Crippen LogP contribution in [0.5, 0.6) is 5.75 Å². The summed E-state index contributed by atoms with van der Waals surface area (Å²) in [5, 5.41) is 8.42. The summed E-state index contributed by atoms with van der Waals surface area (Å²) >= 11 is 1.26. The third kappa shape index (κ3) is 4.88. The van der Waals surface area contributed by atoms with Crippen LogP contribution in [0.25, 0.3) is 0 Å². The summed E-state index contributed by atoms with van der Waals surface area (Å²) in [4.78, 5) is 12.6. The maximum absolute atomic E-state index is 12.6. The van der Waals surface area contributed by atoms with Gasteiger partial charge in [0.15, 0.2) is 12.4 Å². The van der Waals surface area contributed by atoms with E-state index >= 15 is 0 Å². The van der Waals surface area contributed by atoms with Crippen LogP contribution in [0.15, 0.2) is 46.0 Å². The predicted octanol–water partition coefficient (Wildman–Crippen LogP) is 5.12. The van der Waals surface area contributed by atoms with E-state index in [0.717, 1.165) is 35.3 Å². The molecule has 0 N–H and O–H groups in total. The van der Waals surface area contributed by atoms with Gasteiger partial charge in [0.1, 0.15) is 5.75 Å². The molecule has 0 fully saturated rings. The zero-order valence-electron chi connectivity index (χ0n) is 16.7. The van der Waals surface area contributed by atoms with E-state index in [1.54, 1.807) is 0 Å². The second-order valence-electron chi connectivity index (χ2n) is 7.42. The summed E-state index contributed by atoms with van der Waals surface area (Å²) in [5.74, 6) is 1.56. The van der Waals surface area contributed by atoms with Crippen molar-refractivity contribution in [1.82, 2.24) is 10.2 Å². The smallest absolute Gasteiger partial charge is 0.277 e. The third-order valence-corrected chi connectivity index (χ3v) is 5.96. The number of rotatable bonds is 7. The summed E-state index contributed by atoms with van der Waals surface area (Å²) in [5.41, 5.74) is 5.64. The van der Waals surface area contributed by atoms with E-state index < -0.39 is 0 Å². The molecule has 0 amide bonds. The second-order valence-corrected chi connectivity index (χ2v) is 8.35. The molecule has 6 heteroatoms. The van der Waals surface area contributed by atoms with Crippen LogP contribution in [0.3, 0.4) is 0 Å². The number of fused-ring (bicyclic) bond motifs is 1. The van der Waals surface area contributed by atoms with Gasteiger partial charge in [-0.1, -0.05) is 36.0 Å². The fourth-order valence-corrected chi connectivity index (χ4v) is 4.15. The Bertz CT molecular complexity index is 1030. The van der Waals surface area contributed by atoms with Crippen molar-refractivity contribution in [2.45, 2.75) is 51.4 Å². The van der Waals surface area contributed by atoms with Crippen molar-refractivity contribution in [2.75, 3.05) is 5.75 Å². The van der Waals surface area contributed by atoms with Crippen LogP contribution in [0.4, 0.5) is 0 Å². The average molecular weight is 409 g/mol. The number of ketones is 1. The first-order valence-corrected chi connectivity index (χ1v) is 10.9. The number of carbonyl (C=O) groups excluding carboxylic acids is 1. The zero-order chi connectivity index (χ0) is 20.2. The number of ether oxygens (including phenoxy) is 1. The Morgan fingerprint density at radius 1 is 1.07 bits per heavy atom. The number of aromatic nitrogens is 2. The Labute approximate surface area is 174 Å². The van der Waals surface area contributed by atoms with Gasteiger partial charge in [-0.2, -0.15) is 0 Å². The topological polar surface area (TPSA) is 65.2 Å². The van der Waals surface area contributed by atoms with Gasteiger partial charge in [0.25, 0.3) is 11.1 Å². The minimum atomic E-state index is 0.0785. The van der Waals surface area contributed by atoms with E-state index in [0.29, 0.717) is 11.1 Å². The summed E-state index contributed by atoms with van der Waals surface area (Å²) in [6.45, 7) is 4.22. The quantitative estimate of drug-likeness (QED) is 0.399. The summed E-state index contributed by atoms with van der Waals surface area (Å²) in [7, 11) is 0. The molecular weight excluding hydrogens is 384 g/mol. The van der Waals surface area contributed by atoms with Gasteiger partial charge in [0.05, 0.1) is 5.75 Å². The van der Waals surface area contributed by atoms with Gasteiger partial charge in [0.2, 0.25) is 0 Å². The molecule has 0 radical (unpaired) electrons. The molecule has 29 heavy (non-hydrogen) atoms. The molecule has 3 aromatic rings. The van der Waals surface area contributed by atoms with Crippen molar-refractivity contribution >= 4 is 17.5 Å². The highest BCUT2D eigenvalue weighted by atomic mass is 32.2. The highest BCUT2D eigenvalue weighted by molar-refractivity contribution is 7.99. The van der Waals surface area contributed by atoms with E-state index in [9.17, 15) is 4.79 Å². The molecule has 0 bridgehead atoms. The molecule has 1 aliphatic carbocycles. The van der Waals surface area contributed by atoms with Crippen LogP contribution in [0.1, 0.15) is 51.3 Å². The SMILES string of the molecule is Cc1ccc(C)c(OCc2nnc(SCC(=O)c3ccc4c(c3)CCCC4)o2)c1. The van der Waals surface area contributed by atoms with Gasteiger partial charge >= 0.3 is 0 Å². The molecule has 150 valence electrons.